The van der Waals surface area contributed by atoms with Crippen molar-refractivity contribution in [1.29, 1.82) is 0 Å². The maximum absolute atomic E-state index is 6.05. The molecule has 2 aromatic rings. The van der Waals surface area contributed by atoms with E-state index in [1.165, 1.54) is 22.3 Å². The Kier molecular flexibility index (Phi) is 5.40. The van der Waals surface area contributed by atoms with Crippen LogP contribution in [0.2, 0.25) is 0 Å². The normalized spacial score (nSPS) is 12.2. The van der Waals surface area contributed by atoms with Crippen LogP contribution in [-0.2, 0) is 0 Å². The molecule has 2 heteroatoms. The number of ether oxygens (including phenoxy) is 1. The van der Waals surface area contributed by atoms with E-state index in [9.17, 15) is 0 Å². The van der Waals surface area contributed by atoms with Gasteiger partial charge in [-0.15, -0.1) is 0 Å². The molecule has 2 aromatic carbocycles. The topological polar surface area (TPSA) is 35.2 Å². The van der Waals surface area contributed by atoms with E-state index in [1.54, 1.807) is 0 Å². The van der Waals surface area contributed by atoms with E-state index >= 15 is 0 Å². The van der Waals surface area contributed by atoms with E-state index < -0.39 is 0 Å². The molecule has 0 amide bonds. The third kappa shape index (κ3) is 3.85. The van der Waals surface area contributed by atoms with Crippen LogP contribution < -0.4 is 10.5 Å². The third-order valence-corrected chi connectivity index (χ3v) is 4.14. The lowest BCUT2D eigenvalue weighted by molar-refractivity contribution is 0.294. The van der Waals surface area contributed by atoms with Crippen LogP contribution in [0.25, 0.3) is 0 Å². The van der Waals surface area contributed by atoms with Crippen LogP contribution in [-0.4, -0.2) is 13.2 Å². The summed E-state index contributed by atoms with van der Waals surface area (Å²) in [6.45, 7) is 7.68. The molecule has 2 N–H and O–H groups in total. The highest BCUT2D eigenvalue weighted by molar-refractivity contribution is 5.44. The molecule has 1 unspecified atom stereocenters. The van der Waals surface area contributed by atoms with Crippen molar-refractivity contribution in [1.82, 2.24) is 0 Å². The fourth-order valence-electron chi connectivity index (χ4n) is 2.60. The summed E-state index contributed by atoms with van der Waals surface area (Å²) >= 11 is 0. The second-order valence-electron chi connectivity index (χ2n) is 5.63. The summed E-state index contributed by atoms with van der Waals surface area (Å²) < 4.78 is 6.05. The largest absolute Gasteiger partial charge is 0.493 e. The van der Waals surface area contributed by atoms with E-state index in [1.807, 2.05) is 6.07 Å². The molecular formula is C19H25NO. The van der Waals surface area contributed by atoms with Gasteiger partial charge < -0.3 is 10.5 Å². The summed E-state index contributed by atoms with van der Waals surface area (Å²) in [6.07, 6.45) is 0.938. The summed E-state index contributed by atoms with van der Waals surface area (Å²) in [5, 5.41) is 0. The summed E-state index contributed by atoms with van der Waals surface area (Å²) in [4.78, 5) is 0. The van der Waals surface area contributed by atoms with Crippen molar-refractivity contribution in [2.75, 3.05) is 13.2 Å². The zero-order valence-corrected chi connectivity index (χ0v) is 13.2. The van der Waals surface area contributed by atoms with Crippen molar-refractivity contribution >= 4 is 0 Å². The predicted molar refractivity (Wildman–Crippen MR) is 89.0 cm³/mol. The van der Waals surface area contributed by atoms with Gasteiger partial charge in [-0.05, 0) is 61.9 Å². The van der Waals surface area contributed by atoms with Gasteiger partial charge in [-0.1, -0.05) is 42.5 Å². The highest BCUT2D eigenvalue weighted by Crippen LogP contribution is 2.27. The molecule has 0 aliphatic heterocycles. The number of benzene rings is 2. The first-order chi connectivity index (χ1) is 10.1. The molecular weight excluding hydrogens is 258 g/mol. The van der Waals surface area contributed by atoms with Gasteiger partial charge in [-0.25, -0.2) is 0 Å². The molecule has 0 bridgehead atoms. The average molecular weight is 283 g/mol. The highest BCUT2D eigenvalue weighted by Gasteiger charge is 2.11. The van der Waals surface area contributed by atoms with E-state index in [4.69, 9.17) is 10.5 Å². The Balaban J connectivity index is 1.99. The fourth-order valence-corrected chi connectivity index (χ4v) is 2.60. The lowest BCUT2D eigenvalue weighted by Crippen LogP contribution is -2.16. The maximum atomic E-state index is 6.05. The van der Waals surface area contributed by atoms with Gasteiger partial charge >= 0.3 is 0 Å². The van der Waals surface area contributed by atoms with Crippen LogP contribution >= 0.6 is 0 Å². The zero-order chi connectivity index (χ0) is 15.2. The third-order valence-electron chi connectivity index (χ3n) is 4.14. The van der Waals surface area contributed by atoms with E-state index in [0.29, 0.717) is 19.1 Å². The molecule has 0 aliphatic rings. The van der Waals surface area contributed by atoms with Crippen LogP contribution in [0.4, 0.5) is 0 Å². The summed E-state index contributed by atoms with van der Waals surface area (Å²) in [6, 6.07) is 14.7. The Hall–Kier alpha value is -1.80. The van der Waals surface area contributed by atoms with Crippen molar-refractivity contribution in [3.05, 3.63) is 64.7 Å². The van der Waals surface area contributed by atoms with Crippen molar-refractivity contribution in [2.24, 2.45) is 5.73 Å². The first-order valence-corrected chi connectivity index (χ1v) is 7.58. The molecule has 112 valence electrons. The van der Waals surface area contributed by atoms with E-state index in [-0.39, 0.29) is 0 Å². The minimum Gasteiger partial charge on any atom is -0.493 e. The molecule has 0 aromatic heterocycles. The molecule has 0 spiro atoms. The smallest absolute Gasteiger partial charge is 0.125 e. The van der Waals surface area contributed by atoms with Crippen molar-refractivity contribution in [2.45, 2.75) is 33.1 Å². The second kappa shape index (κ2) is 7.28. The molecule has 0 heterocycles. The van der Waals surface area contributed by atoms with Gasteiger partial charge in [-0.2, -0.15) is 0 Å². The predicted octanol–water partition coefficient (Wildman–Crippen LogP) is 4.12. The van der Waals surface area contributed by atoms with E-state index in [2.05, 4.69) is 57.2 Å². The van der Waals surface area contributed by atoms with Gasteiger partial charge in [0.2, 0.25) is 0 Å². The zero-order valence-electron chi connectivity index (χ0n) is 13.2. The molecule has 0 saturated carbocycles. The SMILES string of the molecule is Cc1ccc(C)c(OCCC(CN)c2ccccc2)c1C. The molecule has 2 rings (SSSR count). The number of aryl methyl sites for hydroxylation is 2. The van der Waals surface area contributed by atoms with Gasteiger partial charge in [0.15, 0.2) is 0 Å². The van der Waals surface area contributed by atoms with Crippen LogP contribution in [0, 0.1) is 20.8 Å². The molecule has 0 radical (unpaired) electrons. The summed E-state index contributed by atoms with van der Waals surface area (Å²) in [5.74, 6) is 1.38. The minimum absolute atomic E-state index is 0.358. The lowest BCUT2D eigenvalue weighted by Gasteiger charge is -2.18. The number of hydrogen-bond donors (Lipinski definition) is 1. The van der Waals surface area contributed by atoms with Gasteiger partial charge in [0, 0.05) is 0 Å². The molecule has 1 atom stereocenters. The van der Waals surface area contributed by atoms with Crippen molar-refractivity contribution in [3.63, 3.8) is 0 Å². The Morgan fingerprint density at radius 3 is 2.29 bits per heavy atom. The maximum Gasteiger partial charge on any atom is 0.125 e. The Morgan fingerprint density at radius 2 is 1.62 bits per heavy atom. The second-order valence-corrected chi connectivity index (χ2v) is 5.63. The van der Waals surface area contributed by atoms with Gasteiger partial charge in [0.1, 0.15) is 5.75 Å². The number of hydrogen-bond acceptors (Lipinski definition) is 2. The highest BCUT2D eigenvalue weighted by atomic mass is 16.5. The lowest BCUT2D eigenvalue weighted by atomic mass is 9.96. The van der Waals surface area contributed by atoms with Crippen LogP contribution in [0.5, 0.6) is 5.75 Å². The van der Waals surface area contributed by atoms with E-state index in [0.717, 1.165) is 12.2 Å². The molecule has 21 heavy (non-hydrogen) atoms. The number of rotatable bonds is 6. The van der Waals surface area contributed by atoms with Crippen LogP contribution in [0.1, 0.15) is 34.6 Å². The van der Waals surface area contributed by atoms with Crippen LogP contribution in [0.15, 0.2) is 42.5 Å². The Morgan fingerprint density at radius 1 is 0.952 bits per heavy atom. The summed E-state index contributed by atoms with van der Waals surface area (Å²) in [5.41, 5.74) is 10.9. The van der Waals surface area contributed by atoms with Crippen molar-refractivity contribution < 1.29 is 4.74 Å². The minimum atomic E-state index is 0.358. The first-order valence-electron chi connectivity index (χ1n) is 7.58. The molecule has 0 fully saturated rings. The fraction of sp³-hybridized carbons (Fsp3) is 0.368. The van der Waals surface area contributed by atoms with Crippen LogP contribution in [0.3, 0.4) is 0 Å². The average Bonchev–Trinajstić information content (AvgIpc) is 2.51. The quantitative estimate of drug-likeness (QED) is 0.865. The molecule has 2 nitrogen and oxygen atoms in total. The van der Waals surface area contributed by atoms with Gasteiger partial charge in [0.05, 0.1) is 6.61 Å². The number of nitrogens with two attached hydrogens (primary N) is 1. The standard InChI is InChI=1S/C19H25NO/c1-14-9-10-15(2)19(16(14)3)21-12-11-18(13-20)17-7-5-4-6-8-17/h4-10,18H,11-13,20H2,1-3H3. The van der Waals surface area contributed by atoms with Crippen molar-refractivity contribution in [3.8, 4) is 5.75 Å². The van der Waals surface area contributed by atoms with Gasteiger partial charge in [-0.3, -0.25) is 0 Å². The first kappa shape index (κ1) is 15.6. The van der Waals surface area contributed by atoms with Gasteiger partial charge in [0.25, 0.3) is 0 Å². The Bertz CT molecular complexity index is 578. The monoisotopic (exact) mass is 283 g/mol. The molecule has 0 aliphatic carbocycles. The Labute approximate surface area is 127 Å². The summed E-state index contributed by atoms with van der Waals surface area (Å²) in [7, 11) is 0. The molecule has 0 saturated heterocycles.